The van der Waals surface area contributed by atoms with Crippen molar-refractivity contribution < 1.29 is 23.9 Å². The summed E-state index contributed by atoms with van der Waals surface area (Å²) >= 11 is 0. The van der Waals surface area contributed by atoms with Crippen molar-refractivity contribution in [1.29, 1.82) is 5.26 Å². The first-order valence-electron chi connectivity index (χ1n) is 10.2. The number of hydrogen-bond acceptors (Lipinski definition) is 9. The topological polar surface area (TPSA) is 157 Å². The molecule has 4 unspecified atom stereocenters. The summed E-state index contributed by atoms with van der Waals surface area (Å²) in [6.07, 6.45) is -0.965. The Hall–Kier alpha value is -3.68. The number of primary amides is 1. The predicted molar refractivity (Wildman–Crippen MR) is 111 cm³/mol. The number of ether oxygens (including phenoxy) is 2. The fourth-order valence-electron chi connectivity index (χ4n) is 5.21. The number of carbonyl (C=O) groups excluding carboxylic acids is 3. The first-order chi connectivity index (χ1) is 15.3. The van der Waals surface area contributed by atoms with Gasteiger partial charge in [-0.3, -0.25) is 9.59 Å². The molecule has 1 amide bonds. The largest absolute Gasteiger partial charge is 0.449 e. The van der Waals surface area contributed by atoms with E-state index < -0.39 is 17.7 Å². The average molecular weight is 435 g/mol. The molecule has 10 nitrogen and oxygen atoms in total. The summed E-state index contributed by atoms with van der Waals surface area (Å²) in [4.78, 5) is 40.4. The van der Waals surface area contributed by atoms with Crippen LogP contribution in [0.1, 0.15) is 12.5 Å². The van der Waals surface area contributed by atoms with Crippen LogP contribution in [0.25, 0.3) is 0 Å². The lowest BCUT2D eigenvalue weighted by Crippen LogP contribution is -2.55. The molecule has 1 aromatic rings. The van der Waals surface area contributed by atoms with Crippen LogP contribution in [0.2, 0.25) is 0 Å². The van der Waals surface area contributed by atoms with Gasteiger partial charge in [-0.2, -0.15) is 5.26 Å². The van der Waals surface area contributed by atoms with Crippen molar-refractivity contribution in [3.05, 3.63) is 52.4 Å². The first kappa shape index (κ1) is 20.2. The number of nitriles is 1. The Kier molecular flexibility index (Phi) is 4.37. The summed E-state index contributed by atoms with van der Waals surface area (Å²) in [5.41, 5.74) is 6.22. The second kappa shape index (κ2) is 6.91. The fourth-order valence-corrected chi connectivity index (χ4v) is 5.21. The van der Waals surface area contributed by atoms with Gasteiger partial charge in [0.25, 0.3) is 0 Å². The van der Waals surface area contributed by atoms with E-state index in [1.165, 1.54) is 7.11 Å². The Bertz CT molecular complexity index is 1160. The first-order valence-corrected chi connectivity index (χ1v) is 10.2. The highest BCUT2D eigenvalue weighted by molar-refractivity contribution is 6.26. The maximum atomic E-state index is 13.7. The van der Waals surface area contributed by atoms with E-state index >= 15 is 0 Å². The van der Waals surface area contributed by atoms with Gasteiger partial charge in [0.15, 0.2) is 5.72 Å². The number of fused-ring (bicyclic) bond motifs is 4. The molecule has 4 atom stereocenters. The van der Waals surface area contributed by atoms with Crippen LogP contribution in [0.4, 0.5) is 10.5 Å². The van der Waals surface area contributed by atoms with E-state index in [0.717, 1.165) is 0 Å². The standard InChI is InChI=1S/C22H21N5O5/c1-10-16(25-12-5-3-11(7-23)4-6-12)19(29)15-13(9-32-21(24)30)22(31-2)20-14(26-20)8-27(22)17(15)18(10)28/h3-6,13-14,20,25-26H,8-9H2,1-2H3,(H2,24,30). The number of Topliss-reactive ketones (excluding diaryl/α,β-unsaturated/α-hetero) is 2. The number of allylic oxidation sites excluding steroid dienone is 2. The number of hydrogen-bond donors (Lipinski definition) is 3. The molecule has 4 aliphatic rings. The monoisotopic (exact) mass is 435 g/mol. The molecule has 0 aromatic heterocycles. The van der Waals surface area contributed by atoms with Crippen LogP contribution in [0, 0.1) is 17.2 Å². The second-order valence-corrected chi connectivity index (χ2v) is 8.23. The van der Waals surface area contributed by atoms with Crippen LogP contribution < -0.4 is 16.4 Å². The molecular formula is C22H21N5O5. The molecule has 2 saturated heterocycles. The van der Waals surface area contributed by atoms with Gasteiger partial charge >= 0.3 is 6.09 Å². The number of benzene rings is 1. The average Bonchev–Trinajstić information content (AvgIpc) is 3.40. The Morgan fingerprint density at radius 2 is 2.06 bits per heavy atom. The highest BCUT2D eigenvalue weighted by Crippen LogP contribution is 2.55. The molecule has 0 spiro atoms. The molecule has 0 bridgehead atoms. The summed E-state index contributed by atoms with van der Waals surface area (Å²) in [6, 6.07) is 8.63. The summed E-state index contributed by atoms with van der Waals surface area (Å²) in [7, 11) is 1.52. The van der Waals surface area contributed by atoms with Crippen LogP contribution in [0.5, 0.6) is 0 Å². The minimum absolute atomic E-state index is 0.101. The normalized spacial score (nSPS) is 30.0. The Balaban J connectivity index is 1.55. The molecule has 10 heteroatoms. The number of nitrogens with one attached hydrogen (secondary N) is 2. The molecule has 32 heavy (non-hydrogen) atoms. The summed E-state index contributed by atoms with van der Waals surface area (Å²) in [6.45, 7) is 1.92. The van der Waals surface area contributed by atoms with E-state index in [4.69, 9.17) is 20.5 Å². The summed E-state index contributed by atoms with van der Waals surface area (Å²) < 4.78 is 11.0. The van der Waals surface area contributed by atoms with E-state index in [1.807, 2.05) is 11.0 Å². The molecule has 2 fully saturated rings. The highest BCUT2D eigenvalue weighted by atomic mass is 16.6. The van der Waals surface area contributed by atoms with Crippen molar-refractivity contribution in [3.8, 4) is 6.07 Å². The van der Waals surface area contributed by atoms with E-state index in [-0.39, 0.29) is 47.1 Å². The van der Waals surface area contributed by atoms with Gasteiger partial charge in [-0.05, 0) is 31.2 Å². The lowest BCUT2D eigenvalue weighted by atomic mass is 9.82. The molecule has 1 aromatic carbocycles. The third kappa shape index (κ3) is 2.62. The number of nitrogens with zero attached hydrogens (tertiary/aromatic N) is 2. The highest BCUT2D eigenvalue weighted by Gasteiger charge is 2.72. The van der Waals surface area contributed by atoms with Crippen LogP contribution in [0.3, 0.4) is 0 Å². The van der Waals surface area contributed by atoms with Crippen molar-refractivity contribution in [2.24, 2.45) is 11.7 Å². The number of anilines is 1. The Labute approximate surface area is 183 Å². The molecule has 164 valence electrons. The van der Waals surface area contributed by atoms with Gasteiger partial charge in [0, 0.05) is 36.5 Å². The van der Waals surface area contributed by atoms with E-state index in [9.17, 15) is 14.4 Å². The minimum atomic E-state index is -1.01. The number of rotatable bonds is 5. The summed E-state index contributed by atoms with van der Waals surface area (Å²) in [5.74, 6) is -1.33. The fraction of sp³-hybridized carbons (Fsp3) is 0.364. The third-order valence-electron chi connectivity index (χ3n) is 6.71. The number of nitrogens with two attached hydrogens (primary N) is 1. The maximum absolute atomic E-state index is 13.7. The number of ketones is 2. The van der Waals surface area contributed by atoms with Gasteiger partial charge in [0.2, 0.25) is 11.6 Å². The van der Waals surface area contributed by atoms with Gasteiger partial charge < -0.3 is 30.7 Å². The van der Waals surface area contributed by atoms with Crippen molar-refractivity contribution in [2.45, 2.75) is 24.7 Å². The molecule has 4 N–H and O–H groups in total. The molecule has 3 heterocycles. The quantitative estimate of drug-likeness (QED) is 0.439. The molecule has 1 aliphatic carbocycles. The zero-order chi connectivity index (χ0) is 22.8. The molecule has 5 rings (SSSR count). The number of piperazine rings is 1. The molecular weight excluding hydrogens is 414 g/mol. The lowest BCUT2D eigenvalue weighted by molar-refractivity contribution is -0.137. The van der Waals surface area contributed by atoms with Crippen LogP contribution in [-0.2, 0) is 19.1 Å². The third-order valence-corrected chi connectivity index (χ3v) is 6.71. The number of amides is 1. The van der Waals surface area contributed by atoms with E-state index in [2.05, 4.69) is 10.6 Å². The van der Waals surface area contributed by atoms with E-state index in [0.29, 0.717) is 23.5 Å². The molecule has 0 saturated carbocycles. The van der Waals surface area contributed by atoms with Gasteiger partial charge in [-0.15, -0.1) is 0 Å². The minimum Gasteiger partial charge on any atom is -0.449 e. The van der Waals surface area contributed by atoms with Crippen molar-refractivity contribution >= 4 is 23.3 Å². The Morgan fingerprint density at radius 1 is 1.34 bits per heavy atom. The second-order valence-electron chi connectivity index (χ2n) is 8.23. The smallest absolute Gasteiger partial charge is 0.404 e. The number of methoxy groups -OCH3 is 1. The van der Waals surface area contributed by atoms with Gasteiger partial charge in [0.05, 0.1) is 35.0 Å². The summed E-state index contributed by atoms with van der Waals surface area (Å²) in [5, 5.41) is 15.3. The van der Waals surface area contributed by atoms with Crippen LogP contribution in [0.15, 0.2) is 46.8 Å². The van der Waals surface area contributed by atoms with Crippen molar-refractivity contribution in [2.75, 3.05) is 25.6 Å². The number of carbonyl (C=O) groups is 3. The van der Waals surface area contributed by atoms with Crippen molar-refractivity contribution in [1.82, 2.24) is 10.2 Å². The van der Waals surface area contributed by atoms with Crippen LogP contribution >= 0.6 is 0 Å². The predicted octanol–water partition coefficient (Wildman–Crippen LogP) is 0.374. The SMILES string of the molecule is COC12C(COC(N)=O)C3=C(C(=O)C(C)=C(Nc4ccc(C#N)cc4)C3=O)N1CC1NC12. The maximum Gasteiger partial charge on any atom is 0.404 e. The van der Waals surface area contributed by atoms with Crippen molar-refractivity contribution in [3.63, 3.8) is 0 Å². The van der Waals surface area contributed by atoms with Crippen LogP contribution in [-0.4, -0.2) is 60.6 Å². The van der Waals surface area contributed by atoms with Gasteiger partial charge in [0.1, 0.15) is 6.61 Å². The zero-order valence-corrected chi connectivity index (χ0v) is 17.5. The Morgan fingerprint density at radius 3 is 2.69 bits per heavy atom. The lowest BCUT2D eigenvalue weighted by Gasteiger charge is -2.39. The van der Waals surface area contributed by atoms with Gasteiger partial charge in [-0.1, -0.05) is 0 Å². The molecule has 3 aliphatic heterocycles. The zero-order valence-electron chi connectivity index (χ0n) is 17.5. The molecule has 0 radical (unpaired) electrons. The van der Waals surface area contributed by atoms with E-state index in [1.54, 1.807) is 31.2 Å². The van der Waals surface area contributed by atoms with Gasteiger partial charge in [-0.25, -0.2) is 4.79 Å².